The third-order valence-electron chi connectivity index (χ3n) is 3.50. The van der Waals surface area contributed by atoms with E-state index in [2.05, 4.69) is 11.5 Å². The lowest BCUT2D eigenvalue weighted by Crippen LogP contribution is -2.34. The van der Waals surface area contributed by atoms with Crippen molar-refractivity contribution in [3.05, 3.63) is 35.9 Å². The Hall–Kier alpha value is -1.37. The van der Waals surface area contributed by atoms with E-state index in [0.29, 0.717) is 6.61 Å². The molecule has 0 heterocycles. The molecule has 1 N–H and O–H groups in total. The molecule has 2 atom stereocenters. The van der Waals surface area contributed by atoms with E-state index in [0.717, 1.165) is 24.8 Å². The van der Waals surface area contributed by atoms with Crippen molar-refractivity contribution in [2.24, 2.45) is 5.92 Å². The maximum absolute atomic E-state index is 9.16. The van der Waals surface area contributed by atoms with Crippen molar-refractivity contribution in [1.82, 2.24) is 5.48 Å². The third-order valence-corrected chi connectivity index (χ3v) is 3.50. The van der Waals surface area contributed by atoms with Crippen molar-refractivity contribution < 1.29 is 4.84 Å². The Labute approximate surface area is 109 Å². The molecule has 0 spiro atoms. The summed E-state index contributed by atoms with van der Waals surface area (Å²) < 4.78 is 0. The summed E-state index contributed by atoms with van der Waals surface area (Å²) in [6, 6.07) is 12.7. The van der Waals surface area contributed by atoms with Gasteiger partial charge in [-0.3, -0.25) is 4.84 Å². The number of hydroxylamine groups is 1. The lowest BCUT2D eigenvalue weighted by atomic mass is 9.97. The van der Waals surface area contributed by atoms with Crippen LogP contribution >= 0.6 is 0 Å². The molecule has 96 valence electrons. The van der Waals surface area contributed by atoms with Gasteiger partial charge in [-0.05, 0) is 18.4 Å². The second-order valence-electron chi connectivity index (χ2n) is 4.87. The van der Waals surface area contributed by atoms with Gasteiger partial charge in [0.1, 0.15) is 0 Å². The van der Waals surface area contributed by atoms with E-state index in [1.807, 2.05) is 30.3 Å². The molecule has 3 heteroatoms. The first kappa shape index (κ1) is 13.1. The van der Waals surface area contributed by atoms with Crippen molar-refractivity contribution in [2.45, 2.75) is 44.8 Å². The van der Waals surface area contributed by atoms with Gasteiger partial charge >= 0.3 is 0 Å². The third kappa shape index (κ3) is 3.83. The Bertz CT molecular complexity index is 385. The van der Waals surface area contributed by atoms with Crippen LogP contribution in [0.2, 0.25) is 0 Å². The van der Waals surface area contributed by atoms with Crippen LogP contribution in [-0.4, -0.2) is 6.04 Å². The van der Waals surface area contributed by atoms with E-state index in [4.69, 9.17) is 10.1 Å². The largest absolute Gasteiger partial charge is 0.297 e. The van der Waals surface area contributed by atoms with Crippen LogP contribution in [0, 0.1) is 17.2 Å². The normalized spacial score (nSPS) is 24.2. The van der Waals surface area contributed by atoms with E-state index in [1.54, 1.807) is 0 Å². The summed E-state index contributed by atoms with van der Waals surface area (Å²) >= 11 is 0. The Morgan fingerprint density at radius 1 is 1.17 bits per heavy atom. The first-order valence-electron chi connectivity index (χ1n) is 6.71. The maximum Gasteiger partial charge on any atom is 0.0933 e. The fourth-order valence-corrected chi connectivity index (χ4v) is 2.41. The number of nitrogens with one attached hydrogen (secondary N) is 1. The van der Waals surface area contributed by atoms with E-state index >= 15 is 0 Å². The highest BCUT2D eigenvalue weighted by Crippen LogP contribution is 2.23. The molecule has 1 aliphatic carbocycles. The van der Waals surface area contributed by atoms with Gasteiger partial charge in [-0.1, -0.05) is 49.6 Å². The van der Waals surface area contributed by atoms with Gasteiger partial charge in [-0.25, -0.2) is 0 Å². The molecular formula is C15H20N2O. The molecule has 0 radical (unpaired) electrons. The van der Waals surface area contributed by atoms with Crippen LogP contribution in [0.15, 0.2) is 30.3 Å². The van der Waals surface area contributed by atoms with Crippen molar-refractivity contribution in [2.75, 3.05) is 0 Å². The zero-order valence-corrected chi connectivity index (χ0v) is 10.6. The fourth-order valence-electron chi connectivity index (χ4n) is 2.41. The van der Waals surface area contributed by atoms with Gasteiger partial charge in [0.05, 0.1) is 18.6 Å². The molecule has 18 heavy (non-hydrogen) atoms. The van der Waals surface area contributed by atoms with Crippen LogP contribution in [-0.2, 0) is 11.4 Å². The molecule has 0 amide bonds. The zero-order valence-electron chi connectivity index (χ0n) is 10.6. The Kier molecular flexibility index (Phi) is 5.19. The summed E-state index contributed by atoms with van der Waals surface area (Å²) in [5.74, 6) is 0.0864. The standard InChI is InChI=1S/C15H20N2O/c16-11-14-9-5-2-6-10-15(14)17-18-12-13-7-3-1-4-8-13/h1,3-4,7-8,14-15,17H,2,5-6,9-10,12H2. The summed E-state index contributed by atoms with van der Waals surface area (Å²) in [4.78, 5) is 5.55. The number of benzene rings is 1. The molecule has 2 rings (SSSR count). The minimum absolute atomic E-state index is 0.0864. The summed E-state index contributed by atoms with van der Waals surface area (Å²) in [6.45, 7) is 0.551. The average molecular weight is 244 g/mol. The molecule has 2 unspecified atom stereocenters. The number of hydrogen-bond acceptors (Lipinski definition) is 3. The molecule has 0 saturated heterocycles. The van der Waals surface area contributed by atoms with Gasteiger partial charge in [0.25, 0.3) is 0 Å². The fraction of sp³-hybridized carbons (Fsp3) is 0.533. The molecule has 3 nitrogen and oxygen atoms in total. The average Bonchev–Trinajstić information content (AvgIpc) is 2.65. The second kappa shape index (κ2) is 7.15. The van der Waals surface area contributed by atoms with Gasteiger partial charge in [-0.15, -0.1) is 0 Å². The summed E-state index contributed by atoms with van der Waals surface area (Å²) in [5, 5.41) is 9.16. The number of nitriles is 1. The molecule has 1 saturated carbocycles. The summed E-state index contributed by atoms with van der Waals surface area (Å²) in [7, 11) is 0. The van der Waals surface area contributed by atoms with Gasteiger partial charge in [0.2, 0.25) is 0 Å². The first-order valence-corrected chi connectivity index (χ1v) is 6.71. The highest BCUT2D eigenvalue weighted by Gasteiger charge is 2.23. The highest BCUT2D eigenvalue weighted by atomic mass is 16.6. The van der Waals surface area contributed by atoms with E-state index in [9.17, 15) is 0 Å². The molecule has 1 aliphatic rings. The van der Waals surface area contributed by atoms with Gasteiger partial charge in [0, 0.05) is 6.04 Å². The minimum atomic E-state index is 0.0864. The first-order chi connectivity index (χ1) is 8.90. The minimum Gasteiger partial charge on any atom is -0.297 e. The van der Waals surface area contributed by atoms with Crippen LogP contribution in [0.4, 0.5) is 0 Å². The predicted octanol–water partition coefficient (Wildman–Crippen LogP) is 3.18. The molecule has 1 aromatic carbocycles. The van der Waals surface area contributed by atoms with E-state index in [-0.39, 0.29) is 12.0 Å². The number of rotatable bonds is 4. The van der Waals surface area contributed by atoms with Gasteiger partial charge in [0.15, 0.2) is 0 Å². The Morgan fingerprint density at radius 2 is 1.94 bits per heavy atom. The van der Waals surface area contributed by atoms with Crippen molar-refractivity contribution in [3.63, 3.8) is 0 Å². The summed E-state index contributed by atoms with van der Waals surface area (Å²) in [6.07, 6.45) is 5.60. The van der Waals surface area contributed by atoms with Gasteiger partial charge < -0.3 is 0 Å². The van der Waals surface area contributed by atoms with Gasteiger partial charge in [-0.2, -0.15) is 10.7 Å². The predicted molar refractivity (Wildman–Crippen MR) is 70.3 cm³/mol. The SMILES string of the molecule is N#CC1CCCCCC1NOCc1ccccc1. The second-order valence-corrected chi connectivity index (χ2v) is 4.87. The van der Waals surface area contributed by atoms with E-state index in [1.165, 1.54) is 12.8 Å². The van der Waals surface area contributed by atoms with Crippen LogP contribution in [0.1, 0.15) is 37.7 Å². The van der Waals surface area contributed by atoms with Crippen molar-refractivity contribution in [3.8, 4) is 6.07 Å². The van der Waals surface area contributed by atoms with Crippen LogP contribution in [0.25, 0.3) is 0 Å². The molecular weight excluding hydrogens is 224 g/mol. The molecule has 0 aliphatic heterocycles. The monoisotopic (exact) mass is 244 g/mol. The van der Waals surface area contributed by atoms with Crippen LogP contribution in [0.5, 0.6) is 0 Å². The lowest BCUT2D eigenvalue weighted by molar-refractivity contribution is -0.00670. The topological polar surface area (TPSA) is 45.0 Å². The molecule has 1 fully saturated rings. The van der Waals surface area contributed by atoms with Crippen LogP contribution < -0.4 is 5.48 Å². The van der Waals surface area contributed by atoms with Crippen molar-refractivity contribution in [1.29, 1.82) is 5.26 Å². The molecule has 0 bridgehead atoms. The zero-order chi connectivity index (χ0) is 12.6. The summed E-state index contributed by atoms with van der Waals surface area (Å²) in [5.41, 5.74) is 4.23. The van der Waals surface area contributed by atoms with E-state index < -0.39 is 0 Å². The molecule has 0 aromatic heterocycles. The Balaban J connectivity index is 1.79. The number of hydrogen-bond donors (Lipinski definition) is 1. The van der Waals surface area contributed by atoms with Crippen LogP contribution in [0.3, 0.4) is 0 Å². The highest BCUT2D eigenvalue weighted by molar-refractivity contribution is 5.13. The molecule has 1 aromatic rings. The maximum atomic E-state index is 9.16. The quantitative estimate of drug-likeness (QED) is 0.653. The Morgan fingerprint density at radius 3 is 2.72 bits per heavy atom. The smallest absolute Gasteiger partial charge is 0.0933 e. The van der Waals surface area contributed by atoms with Crippen molar-refractivity contribution >= 4 is 0 Å². The lowest BCUT2D eigenvalue weighted by Gasteiger charge is -2.20. The number of nitrogens with zero attached hydrogens (tertiary/aromatic N) is 1.